The van der Waals surface area contributed by atoms with Gasteiger partial charge in [0.05, 0.1) is 12.8 Å². The third kappa shape index (κ3) is 3.86. The normalized spacial score (nSPS) is 10.9. The van der Waals surface area contributed by atoms with Gasteiger partial charge in [-0.25, -0.2) is 0 Å². The van der Waals surface area contributed by atoms with Crippen LogP contribution >= 0.6 is 11.8 Å². The highest BCUT2D eigenvalue weighted by atomic mass is 32.2. The minimum atomic E-state index is 0.704. The van der Waals surface area contributed by atoms with E-state index in [1.54, 1.807) is 18.0 Å². The fourth-order valence-electron chi connectivity index (χ4n) is 2.68. The van der Waals surface area contributed by atoms with Crippen molar-refractivity contribution in [3.63, 3.8) is 0 Å². The fourth-order valence-corrected chi connectivity index (χ4v) is 3.58. The lowest BCUT2D eigenvalue weighted by atomic mass is 10.2. The number of hydrogen-bond acceptors (Lipinski definition) is 5. The first-order valence-electron chi connectivity index (χ1n) is 8.44. The molecule has 0 radical (unpaired) electrons. The minimum absolute atomic E-state index is 0.704. The predicted octanol–water partition coefficient (Wildman–Crippen LogP) is 4.32. The van der Waals surface area contributed by atoms with Crippen LogP contribution in [0.1, 0.15) is 11.3 Å². The van der Waals surface area contributed by atoms with Gasteiger partial charge in [0.15, 0.2) is 10.9 Å². The van der Waals surface area contributed by atoms with Gasteiger partial charge >= 0.3 is 0 Å². The monoisotopic (exact) mass is 362 g/mol. The summed E-state index contributed by atoms with van der Waals surface area (Å²) in [7, 11) is 0. The maximum atomic E-state index is 5.54. The van der Waals surface area contributed by atoms with Crippen LogP contribution in [-0.2, 0) is 13.0 Å². The molecular weight excluding hydrogens is 344 g/mol. The number of furan rings is 1. The van der Waals surface area contributed by atoms with Crippen LogP contribution in [0.25, 0.3) is 11.6 Å². The van der Waals surface area contributed by atoms with Gasteiger partial charge in [0.25, 0.3) is 0 Å². The van der Waals surface area contributed by atoms with Crippen molar-refractivity contribution in [1.29, 1.82) is 0 Å². The van der Waals surface area contributed by atoms with Crippen molar-refractivity contribution in [2.75, 3.05) is 5.75 Å². The first-order valence-corrected chi connectivity index (χ1v) is 9.42. The van der Waals surface area contributed by atoms with Gasteiger partial charge in [0.2, 0.25) is 5.82 Å². The second kappa shape index (κ2) is 8.01. The maximum Gasteiger partial charge on any atom is 0.200 e. The van der Waals surface area contributed by atoms with Gasteiger partial charge in [-0.2, -0.15) is 0 Å². The highest BCUT2D eigenvalue weighted by Crippen LogP contribution is 2.25. The molecule has 0 spiro atoms. The van der Waals surface area contributed by atoms with E-state index in [4.69, 9.17) is 4.42 Å². The Bertz CT molecular complexity index is 937. The van der Waals surface area contributed by atoms with Crippen molar-refractivity contribution in [2.24, 2.45) is 0 Å². The van der Waals surface area contributed by atoms with Gasteiger partial charge in [-0.3, -0.25) is 9.55 Å². The van der Waals surface area contributed by atoms with E-state index in [1.807, 2.05) is 54.7 Å². The molecule has 1 aromatic carbocycles. The summed E-state index contributed by atoms with van der Waals surface area (Å²) >= 11 is 1.69. The topological polar surface area (TPSA) is 56.7 Å². The summed E-state index contributed by atoms with van der Waals surface area (Å²) in [5, 5.41) is 9.64. The number of rotatable bonds is 7. The lowest BCUT2D eigenvalue weighted by Crippen LogP contribution is -2.04. The average Bonchev–Trinajstić information content (AvgIpc) is 3.34. The van der Waals surface area contributed by atoms with Crippen molar-refractivity contribution >= 4 is 11.8 Å². The zero-order valence-corrected chi connectivity index (χ0v) is 15.0. The Morgan fingerprint density at radius 3 is 2.58 bits per heavy atom. The molecule has 0 unspecified atom stereocenters. The van der Waals surface area contributed by atoms with Crippen molar-refractivity contribution in [3.05, 3.63) is 84.4 Å². The van der Waals surface area contributed by atoms with Crippen molar-refractivity contribution in [1.82, 2.24) is 19.7 Å². The van der Waals surface area contributed by atoms with Crippen molar-refractivity contribution in [3.8, 4) is 11.6 Å². The van der Waals surface area contributed by atoms with E-state index in [2.05, 4.69) is 31.9 Å². The molecule has 0 aliphatic rings. The first kappa shape index (κ1) is 16.6. The van der Waals surface area contributed by atoms with E-state index in [0.29, 0.717) is 6.54 Å². The van der Waals surface area contributed by atoms with Gasteiger partial charge in [0, 0.05) is 17.6 Å². The summed E-state index contributed by atoms with van der Waals surface area (Å²) in [4.78, 5) is 4.37. The second-order valence-electron chi connectivity index (χ2n) is 5.77. The van der Waals surface area contributed by atoms with E-state index in [9.17, 15) is 0 Å². The smallest absolute Gasteiger partial charge is 0.200 e. The Balaban J connectivity index is 1.55. The number of benzene rings is 1. The minimum Gasteiger partial charge on any atom is -0.461 e. The molecule has 0 aliphatic carbocycles. The summed E-state index contributed by atoms with van der Waals surface area (Å²) in [6, 6.07) is 20.1. The van der Waals surface area contributed by atoms with Crippen molar-refractivity contribution in [2.45, 2.75) is 18.1 Å². The quantitative estimate of drug-likeness (QED) is 0.458. The molecule has 0 saturated carbocycles. The van der Waals surface area contributed by atoms with E-state index in [1.165, 1.54) is 5.56 Å². The van der Waals surface area contributed by atoms with Crippen LogP contribution in [0, 0.1) is 0 Å². The molecule has 0 bridgehead atoms. The van der Waals surface area contributed by atoms with Crippen LogP contribution in [0.15, 0.2) is 82.7 Å². The molecule has 5 nitrogen and oxygen atoms in total. The van der Waals surface area contributed by atoms with E-state index >= 15 is 0 Å². The number of aromatic nitrogens is 4. The standard InChI is InChI=1S/C20H18N4OS/c1-2-7-16(8-3-1)15-24-19(18-10-6-13-25-18)22-23-20(24)26-14-11-17-9-4-5-12-21-17/h1-10,12-13H,11,14-15H2. The molecule has 3 aromatic heterocycles. The number of aryl methyl sites for hydroxylation is 1. The van der Waals surface area contributed by atoms with Gasteiger partial charge in [0.1, 0.15) is 0 Å². The van der Waals surface area contributed by atoms with Gasteiger partial charge in [-0.15, -0.1) is 10.2 Å². The Labute approximate surface area is 156 Å². The van der Waals surface area contributed by atoms with Crippen LogP contribution in [0.4, 0.5) is 0 Å². The number of hydrogen-bond donors (Lipinski definition) is 0. The van der Waals surface area contributed by atoms with Crippen LogP contribution in [0.2, 0.25) is 0 Å². The zero-order chi connectivity index (χ0) is 17.6. The number of nitrogens with zero attached hydrogens (tertiary/aromatic N) is 4. The molecule has 0 saturated heterocycles. The Morgan fingerprint density at radius 1 is 0.923 bits per heavy atom. The molecular formula is C20H18N4OS. The first-order chi connectivity index (χ1) is 12.9. The predicted molar refractivity (Wildman–Crippen MR) is 102 cm³/mol. The highest BCUT2D eigenvalue weighted by Gasteiger charge is 2.16. The zero-order valence-electron chi connectivity index (χ0n) is 14.2. The lowest BCUT2D eigenvalue weighted by molar-refractivity contribution is 0.569. The lowest BCUT2D eigenvalue weighted by Gasteiger charge is -2.09. The second-order valence-corrected chi connectivity index (χ2v) is 6.84. The van der Waals surface area contributed by atoms with Gasteiger partial charge in [-0.1, -0.05) is 48.2 Å². The van der Waals surface area contributed by atoms with Crippen LogP contribution in [-0.4, -0.2) is 25.5 Å². The molecule has 130 valence electrons. The molecule has 0 aliphatic heterocycles. The fraction of sp³-hybridized carbons (Fsp3) is 0.150. The molecule has 3 heterocycles. The Kier molecular flexibility index (Phi) is 5.12. The Hall–Kier alpha value is -2.86. The molecule has 6 heteroatoms. The van der Waals surface area contributed by atoms with E-state index < -0.39 is 0 Å². The average molecular weight is 362 g/mol. The molecule has 0 N–H and O–H groups in total. The van der Waals surface area contributed by atoms with E-state index in [-0.39, 0.29) is 0 Å². The molecule has 0 fully saturated rings. The van der Waals surface area contributed by atoms with Gasteiger partial charge < -0.3 is 4.42 Å². The molecule has 4 aromatic rings. The highest BCUT2D eigenvalue weighted by molar-refractivity contribution is 7.99. The summed E-state index contributed by atoms with van der Waals surface area (Å²) < 4.78 is 7.65. The Morgan fingerprint density at radius 2 is 1.81 bits per heavy atom. The van der Waals surface area contributed by atoms with Crippen LogP contribution in [0.5, 0.6) is 0 Å². The van der Waals surface area contributed by atoms with Gasteiger partial charge in [-0.05, 0) is 36.2 Å². The molecule has 4 rings (SSSR count). The molecule has 0 amide bonds. The largest absolute Gasteiger partial charge is 0.461 e. The number of thioether (sulfide) groups is 1. The summed E-state index contributed by atoms with van der Waals surface area (Å²) in [6.45, 7) is 0.704. The maximum absolute atomic E-state index is 5.54. The van der Waals surface area contributed by atoms with Crippen LogP contribution < -0.4 is 0 Å². The summed E-state index contributed by atoms with van der Waals surface area (Å²) in [6.07, 6.45) is 4.37. The summed E-state index contributed by atoms with van der Waals surface area (Å²) in [5.41, 5.74) is 2.28. The third-order valence-corrected chi connectivity index (χ3v) is 4.93. The number of pyridine rings is 1. The molecule has 26 heavy (non-hydrogen) atoms. The molecule has 0 atom stereocenters. The summed E-state index contributed by atoms with van der Waals surface area (Å²) in [5.74, 6) is 2.37. The van der Waals surface area contributed by atoms with Crippen molar-refractivity contribution < 1.29 is 4.42 Å². The third-order valence-electron chi connectivity index (χ3n) is 3.96. The van der Waals surface area contributed by atoms with E-state index in [0.717, 1.165) is 34.6 Å². The van der Waals surface area contributed by atoms with Crippen LogP contribution in [0.3, 0.4) is 0 Å². The SMILES string of the molecule is c1ccc(Cn2c(SCCc3ccccn3)nnc2-c2ccco2)cc1.